The molecule has 0 bridgehead atoms. The van der Waals surface area contributed by atoms with Crippen molar-refractivity contribution in [2.24, 2.45) is 11.7 Å². The molecule has 0 aromatic heterocycles. The molecule has 4 heteroatoms. The van der Waals surface area contributed by atoms with Gasteiger partial charge < -0.3 is 5.73 Å². The Balaban J connectivity index is 2.12. The fourth-order valence-corrected chi connectivity index (χ4v) is 2.55. The van der Waals surface area contributed by atoms with Gasteiger partial charge in [-0.25, -0.2) is 13.2 Å². The first-order chi connectivity index (χ1) is 8.08. The highest BCUT2D eigenvalue weighted by molar-refractivity contribution is 5.23. The largest absolute Gasteiger partial charge is 0.324 e. The highest BCUT2D eigenvalue weighted by Crippen LogP contribution is 2.33. The van der Waals surface area contributed by atoms with Crippen LogP contribution in [0.4, 0.5) is 13.2 Å². The lowest BCUT2D eigenvalue weighted by atomic mass is 9.94. The van der Waals surface area contributed by atoms with Crippen molar-refractivity contribution < 1.29 is 13.2 Å². The Bertz CT molecular complexity index is 400. The molecule has 1 aliphatic carbocycles. The van der Waals surface area contributed by atoms with Crippen molar-refractivity contribution in [3.8, 4) is 0 Å². The molecular weight excluding hydrogens is 227 g/mol. The maximum atomic E-state index is 13.5. The number of halogens is 3. The second-order valence-electron chi connectivity index (χ2n) is 4.78. The van der Waals surface area contributed by atoms with Crippen LogP contribution in [0.15, 0.2) is 12.1 Å². The van der Waals surface area contributed by atoms with E-state index in [1.54, 1.807) is 0 Å². The molecule has 1 unspecified atom stereocenters. The SMILES string of the molecule is NC(CC1CCCC1)c1cc(F)c(F)cc1F. The van der Waals surface area contributed by atoms with Crippen molar-refractivity contribution in [3.05, 3.63) is 35.1 Å². The van der Waals surface area contributed by atoms with Crippen LogP contribution in [0, 0.1) is 23.4 Å². The van der Waals surface area contributed by atoms with Crippen LogP contribution in [-0.2, 0) is 0 Å². The second-order valence-corrected chi connectivity index (χ2v) is 4.78. The van der Waals surface area contributed by atoms with Gasteiger partial charge >= 0.3 is 0 Å². The summed E-state index contributed by atoms with van der Waals surface area (Å²) in [6.07, 6.45) is 5.19. The number of rotatable bonds is 3. The summed E-state index contributed by atoms with van der Waals surface area (Å²) in [4.78, 5) is 0. The van der Waals surface area contributed by atoms with Crippen LogP contribution in [0.3, 0.4) is 0 Å². The van der Waals surface area contributed by atoms with Crippen LogP contribution in [-0.4, -0.2) is 0 Å². The molecule has 1 fully saturated rings. The molecule has 1 aliphatic rings. The molecule has 0 heterocycles. The first-order valence-electron chi connectivity index (χ1n) is 5.98. The minimum absolute atomic E-state index is 0.0794. The van der Waals surface area contributed by atoms with Crippen LogP contribution >= 0.6 is 0 Å². The minimum Gasteiger partial charge on any atom is -0.324 e. The van der Waals surface area contributed by atoms with E-state index in [4.69, 9.17) is 5.73 Å². The Hall–Kier alpha value is -1.03. The van der Waals surface area contributed by atoms with Gasteiger partial charge in [-0.2, -0.15) is 0 Å². The first-order valence-corrected chi connectivity index (χ1v) is 5.98. The van der Waals surface area contributed by atoms with E-state index in [0.717, 1.165) is 18.9 Å². The summed E-state index contributed by atoms with van der Waals surface area (Å²) in [5.41, 5.74) is 5.94. The predicted octanol–water partition coefficient (Wildman–Crippen LogP) is 3.68. The molecule has 1 aromatic carbocycles. The van der Waals surface area contributed by atoms with Gasteiger partial charge in [0.2, 0.25) is 0 Å². The van der Waals surface area contributed by atoms with Gasteiger partial charge in [-0.3, -0.25) is 0 Å². The molecule has 0 saturated heterocycles. The summed E-state index contributed by atoms with van der Waals surface area (Å²) in [5.74, 6) is -2.48. The Morgan fingerprint density at radius 2 is 1.65 bits per heavy atom. The Kier molecular flexibility index (Phi) is 3.72. The molecule has 1 nitrogen and oxygen atoms in total. The van der Waals surface area contributed by atoms with Gasteiger partial charge in [0, 0.05) is 17.7 Å². The van der Waals surface area contributed by atoms with Crippen LogP contribution in [0.2, 0.25) is 0 Å². The highest BCUT2D eigenvalue weighted by Gasteiger charge is 2.22. The molecule has 17 heavy (non-hydrogen) atoms. The second kappa shape index (κ2) is 5.08. The minimum atomic E-state index is -1.17. The summed E-state index contributed by atoms with van der Waals surface area (Å²) in [5, 5.41) is 0. The standard InChI is InChI=1S/C13H16F3N/c14-10-7-12(16)11(15)6-9(10)13(17)5-8-3-1-2-4-8/h6-8,13H,1-5,17H2. The van der Waals surface area contributed by atoms with Gasteiger partial charge in [0.05, 0.1) is 0 Å². The van der Waals surface area contributed by atoms with Crippen LogP contribution in [0.1, 0.15) is 43.7 Å². The lowest BCUT2D eigenvalue weighted by Gasteiger charge is -2.17. The smallest absolute Gasteiger partial charge is 0.161 e. The third-order valence-electron chi connectivity index (χ3n) is 3.50. The van der Waals surface area contributed by atoms with Crippen molar-refractivity contribution >= 4 is 0 Å². The van der Waals surface area contributed by atoms with E-state index < -0.39 is 23.5 Å². The molecule has 0 radical (unpaired) electrons. The van der Waals surface area contributed by atoms with Crippen molar-refractivity contribution in [3.63, 3.8) is 0 Å². The third kappa shape index (κ3) is 2.80. The average molecular weight is 243 g/mol. The monoisotopic (exact) mass is 243 g/mol. The zero-order chi connectivity index (χ0) is 12.4. The van der Waals surface area contributed by atoms with E-state index in [-0.39, 0.29) is 5.56 Å². The topological polar surface area (TPSA) is 26.0 Å². The number of nitrogens with two attached hydrogens (primary N) is 1. The molecular formula is C13H16F3N. The summed E-state index contributed by atoms with van der Waals surface area (Å²) in [6.45, 7) is 0. The zero-order valence-corrected chi connectivity index (χ0v) is 9.56. The van der Waals surface area contributed by atoms with E-state index in [1.807, 2.05) is 0 Å². The van der Waals surface area contributed by atoms with Gasteiger partial charge in [-0.1, -0.05) is 25.7 Å². The molecule has 0 spiro atoms. The normalized spacial score (nSPS) is 18.6. The van der Waals surface area contributed by atoms with Gasteiger partial charge in [-0.15, -0.1) is 0 Å². The average Bonchev–Trinajstić information content (AvgIpc) is 2.76. The first kappa shape index (κ1) is 12.4. The molecule has 0 aliphatic heterocycles. The van der Waals surface area contributed by atoms with E-state index in [1.165, 1.54) is 12.8 Å². The van der Waals surface area contributed by atoms with E-state index >= 15 is 0 Å². The summed E-state index contributed by atoms with van der Waals surface area (Å²) in [7, 11) is 0. The van der Waals surface area contributed by atoms with Crippen molar-refractivity contribution in [1.82, 2.24) is 0 Å². The molecule has 1 aromatic rings. The van der Waals surface area contributed by atoms with Crippen molar-refractivity contribution in [2.45, 2.75) is 38.1 Å². The Labute approximate surface area is 98.8 Å². The lowest BCUT2D eigenvalue weighted by Crippen LogP contribution is -2.16. The summed E-state index contributed by atoms with van der Waals surface area (Å²) >= 11 is 0. The van der Waals surface area contributed by atoms with Crippen molar-refractivity contribution in [2.75, 3.05) is 0 Å². The predicted molar refractivity (Wildman–Crippen MR) is 59.8 cm³/mol. The van der Waals surface area contributed by atoms with E-state index in [9.17, 15) is 13.2 Å². The fourth-order valence-electron chi connectivity index (χ4n) is 2.55. The third-order valence-corrected chi connectivity index (χ3v) is 3.50. The summed E-state index contributed by atoms with van der Waals surface area (Å²) in [6, 6.07) is 0.900. The van der Waals surface area contributed by atoms with Gasteiger partial charge in [-0.05, 0) is 18.4 Å². The fraction of sp³-hybridized carbons (Fsp3) is 0.538. The Morgan fingerprint density at radius 1 is 1.06 bits per heavy atom. The maximum Gasteiger partial charge on any atom is 0.161 e. The molecule has 94 valence electrons. The zero-order valence-electron chi connectivity index (χ0n) is 9.56. The summed E-state index contributed by atoms with van der Waals surface area (Å²) < 4.78 is 39.3. The van der Waals surface area contributed by atoms with Crippen LogP contribution in [0.5, 0.6) is 0 Å². The van der Waals surface area contributed by atoms with Gasteiger partial charge in [0.1, 0.15) is 5.82 Å². The quantitative estimate of drug-likeness (QED) is 0.805. The highest BCUT2D eigenvalue weighted by atomic mass is 19.2. The molecule has 1 saturated carbocycles. The van der Waals surface area contributed by atoms with Crippen molar-refractivity contribution in [1.29, 1.82) is 0 Å². The number of hydrogen-bond donors (Lipinski definition) is 1. The molecule has 0 amide bonds. The number of hydrogen-bond acceptors (Lipinski definition) is 1. The Morgan fingerprint density at radius 3 is 2.29 bits per heavy atom. The molecule has 2 N–H and O–H groups in total. The molecule has 2 rings (SSSR count). The van der Waals surface area contributed by atoms with Gasteiger partial charge in [0.25, 0.3) is 0 Å². The number of benzene rings is 1. The maximum absolute atomic E-state index is 13.5. The van der Waals surface area contributed by atoms with E-state index in [0.29, 0.717) is 18.4 Å². The van der Waals surface area contributed by atoms with Crippen LogP contribution in [0.25, 0.3) is 0 Å². The van der Waals surface area contributed by atoms with Gasteiger partial charge in [0.15, 0.2) is 11.6 Å². The van der Waals surface area contributed by atoms with E-state index in [2.05, 4.69) is 0 Å². The molecule has 1 atom stereocenters. The van der Waals surface area contributed by atoms with Crippen LogP contribution < -0.4 is 5.73 Å². The lowest BCUT2D eigenvalue weighted by molar-refractivity contribution is 0.431.